The molecule has 16 heavy (non-hydrogen) atoms. The van der Waals surface area contributed by atoms with Crippen LogP contribution in [0.5, 0.6) is 0 Å². The Bertz CT molecular complexity index is 500. The Hall–Kier alpha value is -1.09. The first kappa shape index (κ1) is 11.4. The van der Waals surface area contributed by atoms with Gasteiger partial charge < -0.3 is 10.3 Å². The van der Waals surface area contributed by atoms with Crippen molar-refractivity contribution in [3.8, 4) is 0 Å². The number of anilines is 1. The van der Waals surface area contributed by atoms with Crippen LogP contribution >= 0.6 is 11.8 Å². The van der Waals surface area contributed by atoms with Gasteiger partial charge in [0.15, 0.2) is 0 Å². The van der Waals surface area contributed by atoms with Crippen LogP contribution in [0.2, 0.25) is 0 Å². The van der Waals surface area contributed by atoms with Crippen molar-refractivity contribution >= 4 is 28.4 Å². The molecule has 0 fully saturated rings. The lowest BCUT2D eigenvalue weighted by atomic mass is 10.2. The summed E-state index contributed by atoms with van der Waals surface area (Å²) in [7, 11) is 2.11. The summed E-state index contributed by atoms with van der Waals surface area (Å²) in [5.74, 6) is 1.04. The highest BCUT2D eigenvalue weighted by atomic mass is 32.2. The molecule has 0 aliphatic heterocycles. The van der Waals surface area contributed by atoms with Crippen LogP contribution in [-0.2, 0) is 12.8 Å². The van der Waals surface area contributed by atoms with E-state index >= 15 is 0 Å². The number of nitrogen functional groups attached to an aromatic ring is 1. The average Bonchev–Trinajstić information content (AvgIpc) is 2.55. The molecule has 1 aromatic carbocycles. The molecule has 0 saturated carbocycles. The third-order valence-electron chi connectivity index (χ3n) is 2.78. The molecule has 86 valence electrons. The molecule has 0 spiro atoms. The topological polar surface area (TPSA) is 30.9 Å². The maximum Gasteiger partial charge on any atom is 0.0501 e. The Morgan fingerprint density at radius 2 is 2.12 bits per heavy atom. The minimum Gasteiger partial charge on any atom is -0.398 e. The van der Waals surface area contributed by atoms with Crippen LogP contribution in [-0.4, -0.2) is 9.82 Å². The first-order valence-corrected chi connectivity index (χ1v) is 6.59. The lowest BCUT2D eigenvalue weighted by Crippen LogP contribution is -1.96. The van der Waals surface area contributed by atoms with E-state index in [4.69, 9.17) is 5.73 Å². The number of thioether (sulfide) groups is 1. The Morgan fingerprint density at radius 3 is 2.75 bits per heavy atom. The summed E-state index contributed by atoms with van der Waals surface area (Å²) in [4.78, 5) is 0. The van der Waals surface area contributed by atoms with E-state index in [0.29, 0.717) is 5.25 Å². The molecule has 0 aliphatic rings. The zero-order valence-corrected chi connectivity index (χ0v) is 10.8. The van der Waals surface area contributed by atoms with Crippen LogP contribution in [0.1, 0.15) is 19.5 Å². The molecule has 2 rings (SSSR count). The summed E-state index contributed by atoms with van der Waals surface area (Å²) in [6, 6.07) is 8.30. The Morgan fingerprint density at radius 1 is 1.38 bits per heavy atom. The molecule has 0 aliphatic carbocycles. The largest absolute Gasteiger partial charge is 0.398 e. The molecule has 3 heteroatoms. The van der Waals surface area contributed by atoms with Crippen molar-refractivity contribution in [2.75, 3.05) is 5.73 Å². The second-order valence-electron chi connectivity index (χ2n) is 4.33. The number of aromatic nitrogens is 1. The van der Waals surface area contributed by atoms with Gasteiger partial charge in [0.05, 0.1) is 5.52 Å². The highest BCUT2D eigenvalue weighted by Crippen LogP contribution is 2.27. The number of rotatable bonds is 3. The molecule has 0 amide bonds. The quantitative estimate of drug-likeness (QED) is 0.825. The predicted octanol–water partition coefficient (Wildman–Crippen LogP) is 3.40. The average molecular weight is 234 g/mol. The first-order valence-electron chi connectivity index (χ1n) is 5.54. The van der Waals surface area contributed by atoms with E-state index in [1.807, 2.05) is 23.9 Å². The summed E-state index contributed by atoms with van der Waals surface area (Å²) in [6.45, 7) is 4.45. The summed E-state index contributed by atoms with van der Waals surface area (Å²) in [5, 5.41) is 1.83. The Kier molecular flexibility index (Phi) is 3.15. The molecule has 0 atom stereocenters. The van der Waals surface area contributed by atoms with Crippen LogP contribution < -0.4 is 5.73 Å². The van der Waals surface area contributed by atoms with Crippen molar-refractivity contribution in [2.24, 2.45) is 7.05 Å². The van der Waals surface area contributed by atoms with Gasteiger partial charge in [-0.25, -0.2) is 0 Å². The monoisotopic (exact) mass is 234 g/mol. The van der Waals surface area contributed by atoms with Gasteiger partial charge in [-0.2, -0.15) is 11.8 Å². The fourth-order valence-corrected chi connectivity index (χ4v) is 2.61. The van der Waals surface area contributed by atoms with Gasteiger partial charge >= 0.3 is 0 Å². The van der Waals surface area contributed by atoms with Crippen molar-refractivity contribution in [3.63, 3.8) is 0 Å². The molecule has 1 aromatic heterocycles. The van der Waals surface area contributed by atoms with Crippen LogP contribution in [0.3, 0.4) is 0 Å². The van der Waals surface area contributed by atoms with E-state index < -0.39 is 0 Å². The van der Waals surface area contributed by atoms with Crippen molar-refractivity contribution in [2.45, 2.75) is 24.9 Å². The first-order chi connectivity index (χ1) is 7.59. The number of nitrogens with two attached hydrogens (primary N) is 1. The second kappa shape index (κ2) is 4.42. The van der Waals surface area contributed by atoms with Crippen molar-refractivity contribution in [1.82, 2.24) is 4.57 Å². The highest BCUT2D eigenvalue weighted by Gasteiger charge is 2.08. The molecular formula is C13H18N2S. The lowest BCUT2D eigenvalue weighted by Gasteiger charge is -2.06. The molecular weight excluding hydrogens is 216 g/mol. The van der Waals surface area contributed by atoms with Gasteiger partial charge in [-0.05, 0) is 23.4 Å². The standard InChI is InChI=1S/C13H18N2S/c1-9(2)16-8-10-7-11-12(14)5-4-6-13(11)15(10)3/h4-7,9H,8,14H2,1-3H3. The minimum absolute atomic E-state index is 0.662. The second-order valence-corrected chi connectivity index (χ2v) is 5.90. The zero-order valence-electron chi connectivity index (χ0n) is 10.0. The van der Waals surface area contributed by atoms with E-state index in [9.17, 15) is 0 Å². The van der Waals surface area contributed by atoms with E-state index in [1.54, 1.807) is 0 Å². The van der Waals surface area contributed by atoms with E-state index in [2.05, 4.69) is 37.6 Å². The van der Waals surface area contributed by atoms with Crippen LogP contribution in [0.25, 0.3) is 10.9 Å². The van der Waals surface area contributed by atoms with Gasteiger partial charge in [-0.1, -0.05) is 19.9 Å². The molecule has 2 nitrogen and oxygen atoms in total. The third kappa shape index (κ3) is 2.05. The summed E-state index contributed by atoms with van der Waals surface area (Å²) in [5.41, 5.74) is 9.40. The normalized spacial score (nSPS) is 11.5. The van der Waals surface area contributed by atoms with E-state index in [1.165, 1.54) is 16.6 Å². The lowest BCUT2D eigenvalue weighted by molar-refractivity contribution is 0.907. The van der Waals surface area contributed by atoms with Gasteiger partial charge in [0.2, 0.25) is 0 Å². The fraction of sp³-hybridized carbons (Fsp3) is 0.385. The fourth-order valence-electron chi connectivity index (χ4n) is 1.83. The zero-order chi connectivity index (χ0) is 11.7. The van der Waals surface area contributed by atoms with E-state index in [-0.39, 0.29) is 0 Å². The Labute approximate surface area is 101 Å². The number of aryl methyl sites for hydroxylation is 1. The number of benzene rings is 1. The summed E-state index contributed by atoms with van der Waals surface area (Å²) < 4.78 is 2.24. The van der Waals surface area contributed by atoms with Crippen molar-refractivity contribution < 1.29 is 0 Å². The number of hydrogen-bond donors (Lipinski definition) is 1. The minimum atomic E-state index is 0.662. The van der Waals surface area contributed by atoms with Crippen molar-refractivity contribution in [1.29, 1.82) is 0 Å². The summed E-state index contributed by atoms with van der Waals surface area (Å²) in [6.07, 6.45) is 0. The third-order valence-corrected chi connectivity index (χ3v) is 3.91. The molecule has 1 heterocycles. The van der Waals surface area contributed by atoms with Gasteiger partial charge in [0, 0.05) is 29.6 Å². The van der Waals surface area contributed by atoms with Gasteiger partial charge in [-0.3, -0.25) is 0 Å². The molecule has 0 bridgehead atoms. The smallest absolute Gasteiger partial charge is 0.0501 e. The van der Waals surface area contributed by atoms with Crippen LogP contribution in [0.4, 0.5) is 5.69 Å². The molecule has 0 unspecified atom stereocenters. The number of fused-ring (bicyclic) bond motifs is 1. The predicted molar refractivity (Wildman–Crippen MR) is 73.8 cm³/mol. The van der Waals surface area contributed by atoms with Crippen molar-refractivity contribution in [3.05, 3.63) is 30.0 Å². The highest BCUT2D eigenvalue weighted by molar-refractivity contribution is 7.99. The van der Waals surface area contributed by atoms with E-state index in [0.717, 1.165) is 11.4 Å². The van der Waals surface area contributed by atoms with Gasteiger partial charge in [0.25, 0.3) is 0 Å². The van der Waals surface area contributed by atoms with Gasteiger partial charge in [0.1, 0.15) is 0 Å². The molecule has 0 radical (unpaired) electrons. The summed E-state index contributed by atoms with van der Waals surface area (Å²) >= 11 is 1.96. The van der Waals surface area contributed by atoms with Gasteiger partial charge in [-0.15, -0.1) is 0 Å². The number of hydrogen-bond acceptors (Lipinski definition) is 2. The SMILES string of the molecule is CC(C)SCc1cc2c(N)cccc2n1C. The maximum atomic E-state index is 5.97. The molecule has 2 aromatic rings. The Balaban J connectivity index is 2.40. The maximum absolute atomic E-state index is 5.97. The number of nitrogens with zero attached hydrogens (tertiary/aromatic N) is 1. The van der Waals surface area contributed by atoms with Crippen LogP contribution in [0.15, 0.2) is 24.3 Å². The molecule has 2 N–H and O–H groups in total. The van der Waals surface area contributed by atoms with Crippen LogP contribution in [0, 0.1) is 0 Å². The molecule has 0 saturated heterocycles.